The van der Waals surface area contributed by atoms with E-state index < -0.39 is 5.97 Å². The number of nitrogens with two attached hydrogens (primary N) is 1. The van der Waals surface area contributed by atoms with E-state index in [1.807, 2.05) is 0 Å². The molecule has 3 N–H and O–H groups in total. The summed E-state index contributed by atoms with van der Waals surface area (Å²) in [5.41, 5.74) is 5.09. The third kappa shape index (κ3) is 4.32. The van der Waals surface area contributed by atoms with Gasteiger partial charge in [-0.1, -0.05) is 12.7 Å². The summed E-state index contributed by atoms with van der Waals surface area (Å²) in [4.78, 5) is 12.1. The Morgan fingerprint density at radius 1 is 1.83 bits per heavy atom. The number of nitrogens with zero attached hydrogens (tertiary/aromatic N) is 1. The van der Waals surface area contributed by atoms with Gasteiger partial charge < -0.3 is 15.4 Å². The van der Waals surface area contributed by atoms with Gasteiger partial charge in [0.15, 0.2) is 5.96 Å². The van der Waals surface area contributed by atoms with Crippen LogP contribution < -0.4 is 5.73 Å². The maximum Gasteiger partial charge on any atom is 0.325 e. The number of carbonyl (C=O) groups excluding carboxylic acids is 1. The van der Waals surface area contributed by atoms with Gasteiger partial charge in [-0.15, -0.1) is 0 Å². The average Bonchev–Trinajstić information content (AvgIpc) is 2.00. The highest BCUT2D eigenvalue weighted by molar-refractivity contribution is 5.80. The minimum Gasteiger partial charge on any atom is -0.460 e. The van der Waals surface area contributed by atoms with E-state index in [9.17, 15) is 4.79 Å². The molecule has 0 fully saturated rings. The van der Waals surface area contributed by atoms with Crippen LogP contribution in [-0.4, -0.2) is 37.0 Å². The third-order valence-corrected chi connectivity index (χ3v) is 1.14. The highest BCUT2D eigenvalue weighted by Crippen LogP contribution is 1.84. The summed E-state index contributed by atoms with van der Waals surface area (Å²) in [5.74, 6) is -0.585. The molecule has 0 aliphatic rings. The van der Waals surface area contributed by atoms with Crippen LogP contribution in [-0.2, 0) is 9.53 Å². The molecule has 68 valence electrons. The third-order valence-electron chi connectivity index (χ3n) is 1.14. The summed E-state index contributed by atoms with van der Waals surface area (Å²) in [5, 5.41) is 6.95. The normalized spacial score (nSPS) is 8.75. The zero-order valence-electron chi connectivity index (χ0n) is 7.04. The van der Waals surface area contributed by atoms with Crippen molar-refractivity contribution in [3.05, 3.63) is 12.7 Å². The molecule has 0 unspecified atom stereocenters. The van der Waals surface area contributed by atoms with Gasteiger partial charge in [-0.05, 0) is 0 Å². The molecule has 0 aromatic carbocycles. The first-order chi connectivity index (χ1) is 5.57. The van der Waals surface area contributed by atoms with Gasteiger partial charge in [0.2, 0.25) is 0 Å². The van der Waals surface area contributed by atoms with E-state index in [-0.39, 0.29) is 19.1 Å². The smallest absolute Gasteiger partial charge is 0.325 e. The first-order valence-electron chi connectivity index (χ1n) is 3.39. The standard InChI is InChI=1S/C7H13N3O2/c1-3-4-12-6(11)5-10(2)7(8)9/h3H,1,4-5H2,2H3,(H3,8,9). The van der Waals surface area contributed by atoms with Crippen LogP contribution in [0.5, 0.6) is 0 Å². The van der Waals surface area contributed by atoms with E-state index in [0.29, 0.717) is 0 Å². The molecule has 5 nitrogen and oxygen atoms in total. The van der Waals surface area contributed by atoms with Gasteiger partial charge in [-0.2, -0.15) is 0 Å². The highest BCUT2D eigenvalue weighted by Gasteiger charge is 2.07. The van der Waals surface area contributed by atoms with Crippen molar-refractivity contribution in [2.75, 3.05) is 20.2 Å². The molecule has 0 spiro atoms. The topological polar surface area (TPSA) is 79.4 Å². The van der Waals surface area contributed by atoms with Crippen molar-refractivity contribution in [2.45, 2.75) is 0 Å². The van der Waals surface area contributed by atoms with Gasteiger partial charge in [-0.25, -0.2) is 0 Å². The number of carbonyl (C=O) groups is 1. The van der Waals surface area contributed by atoms with E-state index in [1.54, 1.807) is 0 Å². The SMILES string of the molecule is C=CCOC(=O)CN(C)C(=N)N. The van der Waals surface area contributed by atoms with Crippen molar-refractivity contribution in [2.24, 2.45) is 5.73 Å². The molecule has 0 saturated heterocycles. The van der Waals surface area contributed by atoms with Crippen LogP contribution in [0.25, 0.3) is 0 Å². The zero-order chi connectivity index (χ0) is 9.56. The molecule has 0 radical (unpaired) electrons. The molecule has 0 rings (SSSR count). The van der Waals surface area contributed by atoms with Gasteiger partial charge >= 0.3 is 5.97 Å². The van der Waals surface area contributed by atoms with Crippen LogP contribution in [0.4, 0.5) is 0 Å². The molecule has 0 saturated carbocycles. The second kappa shape index (κ2) is 5.17. The zero-order valence-corrected chi connectivity index (χ0v) is 7.04. The van der Waals surface area contributed by atoms with Gasteiger partial charge in [0, 0.05) is 7.05 Å². The molecule has 5 heteroatoms. The fourth-order valence-corrected chi connectivity index (χ4v) is 0.476. The first kappa shape index (κ1) is 10.5. The summed E-state index contributed by atoms with van der Waals surface area (Å²) in [7, 11) is 1.54. The molecule has 0 aliphatic heterocycles. The van der Waals surface area contributed by atoms with E-state index in [0.717, 1.165) is 0 Å². The fraction of sp³-hybridized carbons (Fsp3) is 0.429. The van der Waals surface area contributed by atoms with Gasteiger partial charge in [-0.3, -0.25) is 10.2 Å². The van der Waals surface area contributed by atoms with Crippen molar-refractivity contribution < 1.29 is 9.53 Å². The molecule has 0 atom stereocenters. The predicted octanol–water partition coefficient (Wildman–Crippen LogP) is -0.459. The number of nitrogens with one attached hydrogen (secondary N) is 1. The molecule has 12 heavy (non-hydrogen) atoms. The monoisotopic (exact) mass is 171 g/mol. The number of guanidine groups is 1. The van der Waals surface area contributed by atoms with E-state index in [2.05, 4.69) is 11.3 Å². The summed E-state index contributed by atoms with van der Waals surface area (Å²) in [6, 6.07) is 0. The first-order valence-corrected chi connectivity index (χ1v) is 3.39. The van der Waals surface area contributed by atoms with Crippen molar-refractivity contribution in [3.8, 4) is 0 Å². The van der Waals surface area contributed by atoms with Gasteiger partial charge in [0.1, 0.15) is 13.2 Å². The Morgan fingerprint density at radius 3 is 2.83 bits per heavy atom. The van der Waals surface area contributed by atoms with Crippen LogP contribution in [0.3, 0.4) is 0 Å². The summed E-state index contributed by atoms with van der Waals surface area (Å²) < 4.78 is 4.66. The van der Waals surface area contributed by atoms with E-state index in [1.165, 1.54) is 18.0 Å². The minimum absolute atomic E-state index is 0.0107. The van der Waals surface area contributed by atoms with Gasteiger partial charge in [0.05, 0.1) is 0 Å². The predicted molar refractivity (Wildman–Crippen MR) is 45.7 cm³/mol. The number of ether oxygens (including phenoxy) is 1. The summed E-state index contributed by atoms with van der Waals surface area (Å²) in [6.07, 6.45) is 1.48. The lowest BCUT2D eigenvalue weighted by atomic mass is 10.5. The van der Waals surface area contributed by atoms with Crippen molar-refractivity contribution in [3.63, 3.8) is 0 Å². The maximum atomic E-state index is 10.9. The van der Waals surface area contributed by atoms with Crippen LogP contribution in [0.15, 0.2) is 12.7 Å². The molecule has 0 heterocycles. The van der Waals surface area contributed by atoms with E-state index in [4.69, 9.17) is 11.1 Å². The molecular formula is C7H13N3O2. The van der Waals surface area contributed by atoms with E-state index >= 15 is 0 Å². The second-order valence-corrected chi connectivity index (χ2v) is 2.21. The number of likely N-dealkylation sites (N-methyl/N-ethyl adjacent to an activating group) is 1. The molecule has 0 aliphatic carbocycles. The number of hydrogen-bond acceptors (Lipinski definition) is 3. The minimum atomic E-state index is -0.424. The van der Waals surface area contributed by atoms with Crippen LogP contribution in [0.2, 0.25) is 0 Å². The quantitative estimate of drug-likeness (QED) is 0.259. The van der Waals surface area contributed by atoms with Crippen molar-refractivity contribution in [1.29, 1.82) is 5.41 Å². The van der Waals surface area contributed by atoms with Crippen molar-refractivity contribution >= 4 is 11.9 Å². The number of hydrogen-bond donors (Lipinski definition) is 2. The lowest BCUT2D eigenvalue weighted by Crippen LogP contribution is -2.37. The molecule has 0 amide bonds. The van der Waals surface area contributed by atoms with Crippen LogP contribution >= 0.6 is 0 Å². The lowest BCUT2D eigenvalue weighted by molar-refractivity contribution is -0.142. The summed E-state index contributed by atoms with van der Waals surface area (Å²) in [6.45, 7) is 3.56. The maximum absolute atomic E-state index is 10.9. The average molecular weight is 171 g/mol. The molecule has 0 aromatic rings. The highest BCUT2D eigenvalue weighted by atomic mass is 16.5. The molecule has 0 bridgehead atoms. The second-order valence-electron chi connectivity index (χ2n) is 2.21. The Hall–Kier alpha value is -1.52. The Morgan fingerprint density at radius 2 is 2.42 bits per heavy atom. The molecular weight excluding hydrogens is 158 g/mol. The number of rotatable bonds is 4. The number of esters is 1. The largest absolute Gasteiger partial charge is 0.460 e. The lowest BCUT2D eigenvalue weighted by Gasteiger charge is -2.14. The Balaban J connectivity index is 3.68. The molecule has 0 aromatic heterocycles. The van der Waals surface area contributed by atoms with Gasteiger partial charge in [0.25, 0.3) is 0 Å². The Kier molecular flexibility index (Phi) is 4.52. The van der Waals surface area contributed by atoms with Crippen LogP contribution in [0.1, 0.15) is 0 Å². The van der Waals surface area contributed by atoms with Crippen LogP contribution in [0, 0.1) is 5.41 Å². The summed E-state index contributed by atoms with van der Waals surface area (Å²) >= 11 is 0. The Labute approximate surface area is 71.3 Å². The fourth-order valence-electron chi connectivity index (χ4n) is 0.476. The van der Waals surface area contributed by atoms with Crippen molar-refractivity contribution in [1.82, 2.24) is 4.90 Å². The Bertz CT molecular complexity index is 191.